The van der Waals surface area contributed by atoms with Crippen molar-refractivity contribution in [3.05, 3.63) is 83.9 Å². The average Bonchev–Trinajstić information content (AvgIpc) is 3.00. The average molecular weight is 346 g/mol. The molecule has 4 rings (SSSR count). The molecule has 0 saturated carbocycles. The zero-order valence-electron chi connectivity index (χ0n) is 13.1. The molecule has 0 aliphatic rings. The summed E-state index contributed by atoms with van der Waals surface area (Å²) in [6.07, 6.45) is 0. The van der Waals surface area contributed by atoms with Gasteiger partial charge in [0.05, 0.1) is 0 Å². The van der Waals surface area contributed by atoms with Gasteiger partial charge in [-0.15, -0.1) is 11.3 Å². The lowest BCUT2D eigenvalue weighted by molar-refractivity contribution is 0.104. The number of phenols is 2. The van der Waals surface area contributed by atoms with Crippen LogP contribution in [-0.4, -0.2) is 16.0 Å². The molecule has 4 heteroatoms. The van der Waals surface area contributed by atoms with Gasteiger partial charge in [0.2, 0.25) is 0 Å². The highest BCUT2D eigenvalue weighted by Crippen LogP contribution is 2.41. The second kappa shape index (κ2) is 6.07. The van der Waals surface area contributed by atoms with Gasteiger partial charge in [-0.05, 0) is 48.0 Å². The first-order chi connectivity index (χ1) is 12.1. The summed E-state index contributed by atoms with van der Waals surface area (Å²) in [4.78, 5) is 14.0. The molecule has 4 aromatic rings. The summed E-state index contributed by atoms with van der Waals surface area (Å²) in [5, 5.41) is 20.1. The van der Waals surface area contributed by atoms with E-state index in [4.69, 9.17) is 0 Å². The molecule has 0 atom stereocenters. The number of aromatic hydroxyl groups is 2. The molecule has 2 N–H and O–H groups in total. The molecule has 0 amide bonds. The molecule has 0 bridgehead atoms. The second-order valence-corrected chi connectivity index (χ2v) is 6.78. The lowest BCUT2D eigenvalue weighted by Crippen LogP contribution is -2.01. The molecule has 3 nitrogen and oxygen atoms in total. The maximum Gasteiger partial charge on any atom is 0.195 e. The van der Waals surface area contributed by atoms with Crippen molar-refractivity contribution < 1.29 is 15.0 Å². The Morgan fingerprint density at radius 1 is 0.800 bits per heavy atom. The van der Waals surface area contributed by atoms with Crippen molar-refractivity contribution in [2.75, 3.05) is 0 Å². The van der Waals surface area contributed by atoms with Crippen LogP contribution in [0.5, 0.6) is 11.5 Å². The van der Waals surface area contributed by atoms with Crippen molar-refractivity contribution in [1.29, 1.82) is 0 Å². The fourth-order valence-electron chi connectivity index (χ4n) is 2.86. The van der Waals surface area contributed by atoms with Gasteiger partial charge < -0.3 is 10.2 Å². The molecule has 0 spiro atoms. The molecule has 0 fully saturated rings. The summed E-state index contributed by atoms with van der Waals surface area (Å²) < 4.78 is 0.849. The largest absolute Gasteiger partial charge is 0.508 e. The minimum absolute atomic E-state index is 0.0550. The summed E-state index contributed by atoms with van der Waals surface area (Å²) in [5.41, 5.74) is 2.10. The van der Waals surface area contributed by atoms with E-state index in [9.17, 15) is 15.0 Å². The first kappa shape index (κ1) is 15.4. The maximum atomic E-state index is 13.2. The third-order valence-electron chi connectivity index (χ3n) is 4.07. The highest BCUT2D eigenvalue weighted by atomic mass is 32.1. The Morgan fingerprint density at radius 3 is 2.20 bits per heavy atom. The molecule has 25 heavy (non-hydrogen) atoms. The van der Waals surface area contributed by atoms with Crippen molar-refractivity contribution >= 4 is 27.2 Å². The number of phenolic OH excluding ortho intramolecular Hbond substituents is 2. The Kier molecular flexibility index (Phi) is 3.75. The first-order valence-electron chi connectivity index (χ1n) is 7.78. The molecular weight excluding hydrogens is 332 g/mol. The molecule has 1 heterocycles. The normalized spacial score (nSPS) is 10.9. The lowest BCUT2D eigenvalue weighted by Gasteiger charge is -2.05. The zero-order valence-corrected chi connectivity index (χ0v) is 14.0. The quantitative estimate of drug-likeness (QED) is 0.501. The van der Waals surface area contributed by atoms with E-state index in [0.29, 0.717) is 11.1 Å². The van der Waals surface area contributed by atoms with Gasteiger partial charge in [0.25, 0.3) is 0 Å². The van der Waals surface area contributed by atoms with Crippen LogP contribution in [-0.2, 0) is 0 Å². The summed E-state index contributed by atoms with van der Waals surface area (Å²) in [6, 6.07) is 21.0. The van der Waals surface area contributed by atoms with E-state index in [-0.39, 0.29) is 17.3 Å². The number of carbonyl (C=O) groups excluding carboxylic acids is 1. The number of hydrogen-bond acceptors (Lipinski definition) is 4. The SMILES string of the molecule is O=C(c1ccccc1)c1c(-c2ccc(O)cc2)sc2cc(O)ccc12. The topological polar surface area (TPSA) is 57.5 Å². The molecule has 0 saturated heterocycles. The van der Waals surface area contributed by atoms with Crippen LogP contribution in [0.2, 0.25) is 0 Å². The van der Waals surface area contributed by atoms with Crippen molar-refractivity contribution in [3.8, 4) is 21.9 Å². The summed E-state index contributed by atoms with van der Waals surface area (Å²) >= 11 is 1.46. The van der Waals surface area contributed by atoms with E-state index in [1.165, 1.54) is 11.3 Å². The van der Waals surface area contributed by atoms with Crippen molar-refractivity contribution in [3.63, 3.8) is 0 Å². The van der Waals surface area contributed by atoms with Crippen molar-refractivity contribution in [2.45, 2.75) is 0 Å². The number of benzene rings is 3. The molecule has 0 aliphatic carbocycles. The Balaban J connectivity index is 1.98. The molecule has 0 unspecified atom stereocenters. The van der Waals surface area contributed by atoms with Crippen LogP contribution >= 0.6 is 11.3 Å². The number of fused-ring (bicyclic) bond motifs is 1. The van der Waals surface area contributed by atoms with Gasteiger partial charge in [-0.1, -0.05) is 30.3 Å². The summed E-state index contributed by atoms with van der Waals surface area (Å²) in [7, 11) is 0. The third-order valence-corrected chi connectivity index (χ3v) is 5.27. The maximum absolute atomic E-state index is 13.2. The predicted octanol–water partition coefficient (Wildman–Crippen LogP) is 5.21. The smallest absolute Gasteiger partial charge is 0.195 e. The summed E-state index contributed by atoms with van der Waals surface area (Å²) in [6.45, 7) is 0. The summed E-state index contributed by atoms with van der Waals surface area (Å²) in [5.74, 6) is 0.295. The lowest BCUT2D eigenvalue weighted by atomic mass is 9.97. The molecule has 1 aromatic heterocycles. The molecule has 0 aliphatic heterocycles. The van der Waals surface area contributed by atoms with E-state index in [1.54, 1.807) is 54.6 Å². The predicted molar refractivity (Wildman–Crippen MR) is 100 cm³/mol. The van der Waals surface area contributed by atoms with Crippen LogP contribution < -0.4 is 0 Å². The van der Waals surface area contributed by atoms with Crippen molar-refractivity contribution in [1.82, 2.24) is 0 Å². The minimum Gasteiger partial charge on any atom is -0.508 e. The number of ketones is 1. The van der Waals surface area contributed by atoms with Crippen LogP contribution in [0.15, 0.2) is 72.8 Å². The Bertz CT molecular complexity index is 1060. The van der Waals surface area contributed by atoms with Crippen LogP contribution in [0.4, 0.5) is 0 Å². The fourth-order valence-corrected chi connectivity index (χ4v) is 4.10. The Hall–Kier alpha value is -3.11. The highest BCUT2D eigenvalue weighted by molar-refractivity contribution is 7.22. The van der Waals surface area contributed by atoms with Gasteiger partial charge in [0, 0.05) is 26.1 Å². The first-order valence-corrected chi connectivity index (χ1v) is 8.60. The third kappa shape index (κ3) is 2.77. The Morgan fingerprint density at radius 2 is 1.48 bits per heavy atom. The van der Waals surface area contributed by atoms with E-state index >= 15 is 0 Å². The molecular formula is C21H14O3S. The van der Waals surface area contributed by atoms with Crippen LogP contribution in [0.3, 0.4) is 0 Å². The van der Waals surface area contributed by atoms with Gasteiger partial charge in [0.1, 0.15) is 11.5 Å². The molecule has 3 aromatic carbocycles. The van der Waals surface area contributed by atoms with Crippen LogP contribution in [0.25, 0.3) is 20.5 Å². The Labute approximate surface area is 148 Å². The zero-order chi connectivity index (χ0) is 17.4. The van der Waals surface area contributed by atoms with E-state index < -0.39 is 0 Å². The van der Waals surface area contributed by atoms with Crippen LogP contribution in [0.1, 0.15) is 15.9 Å². The minimum atomic E-state index is -0.0550. The standard InChI is InChI=1S/C21H14O3S/c22-15-8-6-14(7-9-15)21-19(20(24)13-4-2-1-3-5-13)17-11-10-16(23)12-18(17)25-21/h1-12,22-23H. The van der Waals surface area contributed by atoms with Gasteiger partial charge in [-0.25, -0.2) is 0 Å². The number of hydrogen-bond donors (Lipinski definition) is 2. The number of carbonyl (C=O) groups is 1. The van der Waals surface area contributed by atoms with E-state index in [0.717, 1.165) is 20.5 Å². The highest BCUT2D eigenvalue weighted by Gasteiger charge is 2.21. The van der Waals surface area contributed by atoms with Gasteiger partial charge in [0.15, 0.2) is 5.78 Å². The number of thiophene rings is 1. The second-order valence-electron chi connectivity index (χ2n) is 5.73. The van der Waals surface area contributed by atoms with E-state index in [1.807, 2.05) is 18.2 Å². The fraction of sp³-hybridized carbons (Fsp3) is 0. The van der Waals surface area contributed by atoms with Gasteiger partial charge >= 0.3 is 0 Å². The monoisotopic (exact) mass is 346 g/mol. The number of rotatable bonds is 3. The van der Waals surface area contributed by atoms with Crippen LogP contribution in [0, 0.1) is 0 Å². The van der Waals surface area contributed by atoms with E-state index in [2.05, 4.69) is 0 Å². The van der Waals surface area contributed by atoms with Gasteiger partial charge in [-0.2, -0.15) is 0 Å². The molecule has 122 valence electrons. The van der Waals surface area contributed by atoms with Gasteiger partial charge in [-0.3, -0.25) is 4.79 Å². The molecule has 0 radical (unpaired) electrons. The van der Waals surface area contributed by atoms with Crippen molar-refractivity contribution in [2.24, 2.45) is 0 Å².